The zero-order valence-electron chi connectivity index (χ0n) is 16.5. The maximum absolute atomic E-state index is 13.3. The fourth-order valence-corrected chi connectivity index (χ4v) is 4.62. The molecule has 1 aromatic rings. The predicted octanol–water partition coefficient (Wildman–Crippen LogP) is 1.93. The maximum atomic E-state index is 13.3. The number of terminal acetylenes is 1. The van der Waals surface area contributed by atoms with E-state index in [0.717, 1.165) is 5.56 Å². The van der Waals surface area contributed by atoms with E-state index in [-0.39, 0.29) is 31.4 Å². The quantitative estimate of drug-likeness (QED) is 0.451. The van der Waals surface area contributed by atoms with Crippen LogP contribution in [0.1, 0.15) is 12.0 Å². The highest BCUT2D eigenvalue weighted by atomic mass is 35.5. The third-order valence-corrected chi connectivity index (χ3v) is 6.59. The summed E-state index contributed by atoms with van der Waals surface area (Å²) in [5.74, 6) is 2.84. The van der Waals surface area contributed by atoms with Crippen molar-refractivity contribution in [1.29, 1.82) is 0 Å². The standard InChI is InChI=1S/C20H22Cl2N4O3S/c1-3-7-24-12-19(28)26-17(6-8-30-2)20(29)23(11-18(26)25(24)13-27)10-14-4-5-15(21)16(22)9-14/h1,4-5,9,13,17-18H,6-8,10-12H2,2H3/t17-,18?/m0/s1. The van der Waals surface area contributed by atoms with Crippen LogP contribution >= 0.6 is 35.0 Å². The van der Waals surface area contributed by atoms with Crippen molar-refractivity contribution in [2.45, 2.75) is 25.2 Å². The molecule has 2 fully saturated rings. The number of piperazine rings is 1. The Morgan fingerprint density at radius 3 is 2.70 bits per heavy atom. The molecule has 0 saturated carbocycles. The smallest absolute Gasteiger partial charge is 0.245 e. The van der Waals surface area contributed by atoms with Gasteiger partial charge in [0.2, 0.25) is 18.2 Å². The van der Waals surface area contributed by atoms with Crippen LogP contribution in [0.15, 0.2) is 18.2 Å². The van der Waals surface area contributed by atoms with Crippen LogP contribution < -0.4 is 0 Å². The number of hydrogen-bond acceptors (Lipinski definition) is 5. The fraction of sp³-hybridized carbons (Fsp3) is 0.450. The van der Waals surface area contributed by atoms with Gasteiger partial charge in [0.05, 0.1) is 29.7 Å². The molecule has 2 aliphatic rings. The lowest BCUT2D eigenvalue weighted by Gasteiger charge is -2.54. The largest absolute Gasteiger partial charge is 0.333 e. The molecule has 2 saturated heterocycles. The van der Waals surface area contributed by atoms with Crippen LogP contribution in [-0.4, -0.2) is 81.9 Å². The second kappa shape index (κ2) is 9.92. The second-order valence-electron chi connectivity index (χ2n) is 7.06. The van der Waals surface area contributed by atoms with E-state index in [1.54, 1.807) is 39.8 Å². The minimum Gasteiger partial charge on any atom is -0.333 e. The Labute approximate surface area is 190 Å². The van der Waals surface area contributed by atoms with Gasteiger partial charge in [-0.3, -0.25) is 19.4 Å². The van der Waals surface area contributed by atoms with E-state index in [2.05, 4.69) is 5.92 Å². The van der Waals surface area contributed by atoms with E-state index < -0.39 is 12.2 Å². The molecule has 0 aliphatic carbocycles. The van der Waals surface area contributed by atoms with Gasteiger partial charge in [0.15, 0.2) is 0 Å². The molecule has 2 atom stereocenters. The summed E-state index contributed by atoms with van der Waals surface area (Å²) < 4.78 is 0. The average molecular weight is 469 g/mol. The first-order valence-electron chi connectivity index (χ1n) is 9.36. The third-order valence-electron chi connectivity index (χ3n) is 5.21. The third kappa shape index (κ3) is 4.54. The monoisotopic (exact) mass is 468 g/mol. The van der Waals surface area contributed by atoms with Gasteiger partial charge in [-0.1, -0.05) is 35.2 Å². The number of nitrogens with zero attached hydrogens (tertiary/aromatic N) is 4. The fourth-order valence-electron chi connectivity index (χ4n) is 3.84. The number of halogens is 2. The summed E-state index contributed by atoms with van der Waals surface area (Å²) in [6.07, 6.45) is 7.92. The highest BCUT2D eigenvalue weighted by molar-refractivity contribution is 7.98. The predicted molar refractivity (Wildman–Crippen MR) is 118 cm³/mol. The summed E-state index contributed by atoms with van der Waals surface area (Å²) in [6.45, 7) is 0.576. The number of benzene rings is 1. The van der Waals surface area contributed by atoms with Gasteiger partial charge in [0.25, 0.3) is 0 Å². The van der Waals surface area contributed by atoms with Gasteiger partial charge in [-0.25, -0.2) is 0 Å². The second-order valence-corrected chi connectivity index (χ2v) is 8.86. The number of amides is 3. The topological polar surface area (TPSA) is 64.2 Å². The van der Waals surface area contributed by atoms with E-state index in [1.165, 1.54) is 10.0 Å². The van der Waals surface area contributed by atoms with E-state index in [0.29, 0.717) is 35.2 Å². The molecule has 2 aliphatic heterocycles. The summed E-state index contributed by atoms with van der Waals surface area (Å²) in [5, 5.41) is 3.81. The molecule has 0 aromatic heterocycles. The molecule has 0 spiro atoms. The van der Waals surface area contributed by atoms with Crippen LogP contribution in [0, 0.1) is 12.3 Å². The Kier molecular flexibility index (Phi) is 7.53. The first-order chi connectivity index (χ1) is 14.4. The molecule has 3 amide bonds. The molecular formula is C20H22Cl2N4O3S. The molecule has 160 valence electrons. The molecule has 3 rings (SSSR count). The SMILES string of the molecule is C#CCN1CC(=O)N2C(CN(Cc3ccc(Cl)c(Cl)c3)C(=O)[C@@H]2CCSC)N1C=O. The van der Waals surface area contributed by atoms with Crippen LogP contribution in [0.4, 0.5) is 0 Å². The van der Waals surface area contributed by atoms with Crippen molar-refractivity contribution in [2.24, 2.45) is 0 Å². The zero-order chi connectivity index (χ0) is 21.8. The number of thioether (sulfide) groups is 1. The van der Waals surface area contributed by atoms with Gasteiger partial charge < -0.3 is 9.80 Å². The lowest BCUT2D eigenvalue weighted by atomic mass is 10.0. The molecule has 0 N–H and O–H groups in total. The number of hydrazine groups is 1. The van der Waals surface area contributed by atoms with Crippen LogP contribution in [0.25, 0.3) is 0 Å². The Hall–Kier alpha value is -1.92. The normalized spacial score (nSPS) is 22.1. The molecule has 0 bridgehead atoms. The number of fused-ring (bicyclic) bond motifs is 1. The van der Waals surface area contributed by atoms with Gasteiger partial charge in [0, 0.05) is 6.54 Å². The summed E-state index contributed by atoms with van der Waals surface area (Å²) in [4.78, 5) is 41.3. The number of rotatable bonds is 7. The van der Waals surface area contributed by atoms with Gasteiger partial charge >= 0.3 is 0 Å². The summed E-state index contributed by atoms with van der Waals surface area (Å²) in [7, 11) is 0. The van der Waals surface area contributed by atoms with Gasteiger partial charge in [-0.2, -0.15) is 16.8 Å². The molecule has 1 aromatic carbocycles. The van der Waals surface area contributed by atoms with Crippen LogP contribution in [0.5, 0.6) is 0 Å². The van der Waals surface area contributed by atoms with E-state index >= 15 is 0 Å². The van der Waals surface area contributed by atoms with Crippen molar-refractivity contribution in [3.8, 4) is 12.3 Å². The van der Waals surface area contributed by atoms with Crippen LogP contribution in [0.2, 0.25) is 10.0 Å². The number of carbonyl (C=O) groups excluding carboxylic acids is 3. The highest BCUT2D eigenvalue weighted by Gasteiger charge is 2.49. The van der Waals surface area contributed by atoms with E-state index in [4.69, 9.17) is 29.6 Å². The molecule has 30 heavy (non-hydrogen) atoms. The first-order valence-corrected chi connectivity index (χ1v) is 11.5. The van der Waals surface area contributed by atoms with Gasteiger partial charge in [-0.05, 0) is 36.1 Å². The number of carbonyl (C=O) groups is 3. The Balaban J connectivity index is 1.92. The van der Waals surface area contributed by atoms with Crippen molar-refractivity contribution in [3.63, 3.8) is 0 Å². The summed E-state index contributed by atoms with van der Waals surface area (Å²) in [5.41, 5.74) is 0.815. The Bertz CT molecular complexity index is 878. The zero-order valence-corrected chi connectivity index (χ0v) is 18.8. The Morgan fingerprint density at radius 1 is 1.30 bits per heavy atom. The number of hydrogen-bond donors (Lipinski definition) is 0. The first kappa shape index (κ1) is 22.8. The highest BCUT2D eigenvalue weighted by Crippen LogP contribution is 2.29. The van der Waals surface area contributed by atoms with Crippen molar-refractivity contribution in [2.75, 3.05) is 31.6 Å². The van der Waals surface area contributed by atoms with Crippen molar-refractivity contribution >= 4 is 53.2 Å². The summed E-state index contributed by atoms with van der Waals surface area (Å²) in [6, 6.07) is 4.57. The average Bonchev–Trinajstić information content (AvgIpc) is 2.71. The molecule has 7 nitrogen and oxygen atoms in total. The molecule has 10 heteroatoms. The lowest BCUT2D eigenvalue weighted by molar-refractivity contribution is -0.198. The van der Waals surface area contributed by atoms with Gasteiger partial charge in [0.1, 0.15) is 12.2 Å². The van der Waals surface area contributed by atoms with Crippen LogP contribution in [0.3, 0.4) is 0 Å². The molecular weight excluding hydrogens is 447 g/mol. The minimum atomic E-state index is -0.637. The van der Waals surface area contributed by atoms with Crippen molar-refractivity contribution in [3.05, 3.63) is 33.8 Å². The van der Waals surface area contributed by atoms with E-state index in [1.807, 2.05) is 6.26 Å². The minimum absolute atomic E-state index is 0.0325. The Morgan fingerprint density at radius 2 is 2.07 bits per heavy atom. The maximum Gasteiger partial charge on any atom is 0.245 e. The molecule has 1 unspecified atom stereocenters. The molecule has 0 radical (unpaired) electrons. The van der Waals surface area contributed by atoms with Crippen molar-refractivity contribution < 1.29 is 14.4 Å². The lowest BCUT2D eigenvalue weighted by Crippen LogP contribution is -2.74. The summed E-state index contributed by atoms with van der Waals surface area (Å²) >= 11 is 13.7. The molecule has 2 heterocycles. The van der Waals surface area contributed by atoms with Crippen molar-refractivity contribution in [1.82, 2.24) is 19.8 Å². The van der Waals surface area contributed by atoms with E-state index in [9.17, 15) is 14.4 Å². The van der Waals surface area contributed by atoms with Gasteiger partial charge in [-0.15, -0.1) is 6.42 Å². The van der Waals surface area contributed by atoms with Crippen LogP contribution in [-0.2, 0) is 20.9 Å².